The Balaban J connectivity index is 0.00000300. The van der Waals surface area contributed by atoms with E-state index < -0.39 is 0 Å². The lowest BCUT2D eigenvalue weighted by Crippen LogP contribution is -3.00. The Labute approximate surface area is 187 Å². The van der Waals surface area contributed by atoms with Gasteiger partial charge in [0.15, 0.2) is 5.82 Å². The third kappa shape index (κ3) is 6.99. The molecular weight excluding hydrogens is 448 g/mol. The van der Waals surface area contributed by atoms with E-state index in [0.717, 1.165) is 35.4 Å². The molecule has 0 spiro atoms. The van der Waals surface area contributed by atoms with E-state index in [-0.39, 0.29) is 17.0 Å². The lowest BCUT2D eigenvalue weighted by Gasteiger charge is -2.29. The van der Waals surface area contributed by atoms with Crippen molar-refractivity contribution in [2.75, 3.05) is 45.7 Å². The van der Waals surface area contributed by atoms with Crippen molar-refractivity contribution in [3.05, 3.63) is 54.6 Å². The minimum Gasteiger partial charge on any atom is -1.00 e. The van der Waals surface area contributed by atoms with E-state index in [1.807, 2.05) is 42.5 Å². The fourth-order valence-electron chi connectivity index (χ4n) is 2.68. The Morgan fingerprint density at radius 3 is 2.28 bits per heavy atom. The van der Waals surface area contributed by atoms with Gasteiger partial charge < -0.3 is 26.4 Å². The first-order valence-corrected chi connectivity index (χ1v) is 10.2. The molecule has 0 saturated heterocycles. The SMILES string of the molecule is CCN(CC[N+](C)(C)C)c1ccc(/N=N/c2nc(-c3ccccc3)ns2)cc1.[Br-]. The summed E-state index contributed by atoms with van der Waals surface area (Å²) in [7, 11) is 6.65. The van der Waals surface area contributed by atoms with Gasteiger partial charge in [-0.3, -0.25) is 0 Å². The molecule has 0 amide bonds. The van der Waals surface area contributed by atoms with E-state index in [4.69, 9.17) is 0 Å². The standard InChI is InChI=1S/C21H27N6S.BrH/c1-5-26(15-16-27(2,3)4)19-13-11-18(12-14-19)23-24-21-22-20(25-28-21)17-9-7-6-8-10-17;/h6-14H,5,15-16H2,1-4H3;1H/q+1;/p-1/b24-23+;. The molecule has 0 atom stereocenters. The number of hydrogen-bond acceptors (Lipinski definition) is 6. The van der Waals surface area contributed by atoms with Crippen molar-refractivity contribution < 1.29 is 21.5 Å². The third-order valence-electron chi connectivity index (χ3n) is 4.34. The monoisotopic (exact) mass is 474 g/mol. The van der Waals surface area contributed by atoms with Crippen LogP contribution < -0.4 is 21.9 Å². The molecule has 3 rings (SSSR count). The molecule has 0 aliphatic rings. The first-order valence-electron chi connectivity index (χ1n) is 9.41. The molecule has 0 bridgehead atoms. The number of hydrogen-bond donors (Lipinski definition) is 0. The van der Waals surface area contributed by atoms with E-state index >= 15 is 0 Å². The number of nitrogens with zero attached hydrogens (tertiary/aromatic N) is 6. The Bertz CT molecular complexity index is 903. The highest BCUT2D eigenvalue weighted by atomic mass is 79.9. The first kappa shape index (κ1) is 23.1. The number of azo groups is 1. The fraction of sp³-hybridized carbons (Fsp3) is 0.333. The van der Waals surface area contributed by atoms with Crippen LogP contribution in [0, 0.1) is 0 Å². The lowest BCUT2D eigenvalue weighted by molar-refractivity contribution is -0.868. The van der Waals surface area contributed by atoms with Gasteiger partial charge in [0.2, 0.25) is 5.13 Å². The second kappa shape index (κ2) is 10.6. The zero-order valence-corrected chi connectivity index (χ0v) is 19.7. The Morgan fingerprint density at radius 1 is 0.966 bits per heavy atom. The number of quaternary nitrogens is 1. The van der Waals surface area contributed by atoms with Crippen molar-refractivity contribution in [1.29, 1.82) is 0 Å². The first-order chi connectivity index (χ1) is 13.4. The normalized spacial score (nSPS) is 11.4. The highest BCUT2D eigenvalue weighted by Gasteiger charge is 2.11. The summed E-state index contributed by atoms with van der Waals surface area (Å²) < 4.78 is 5.31. The molecule has 2 aromatic carbocycles. The van der Waals surface area contributed by atoms with Gasteiger partial charge in [-0.05, 0) is 31.2 Å². The molecule has 154 valence electrons. The summed E-state index contributed by atoms with van der Waals surface area (Å²) in [5.41, 5.74) is 3.00. The fourth-order valence-corrected chi connectivity index (χ4v) is 3.20. The van der Waals surface area contributed by atoms with Crippen LogP contribution in [0.2, 0.25) is 0 Å². The predicted molar refractivity (Wildman–Crippen MR) is 117 cm³/mol. The van der Waals surface area contributed by atoms with Gasteiger partial charge in [-0.2, -0.15) is 9.36 Å². The summed E-state index contributed by atoms with van der Waals surface area (Å²) >= 11 is 1.25. The number of aromatic nitrogens is 2. The average molecular weight is 475 g/mol. The van der Waals surface area contributed by atoms with Gasteiger partial charge >= 0.3 is 0 Å². The molecule has 0 N–H and O–H groups in total. The lowest BCUT2D eigenvalue weighted by atomic mass is 10.2. The predicted octanol–water partition coefficient (Wildman–Crippen LogP) is 2.16. The summed E-state index contributed by atoms with van der Waals surface area (Å²) in [4.78, 5) is 6.82. The van der Waals surface area contributed by atoms with Crippen molar-refractivity contribution in [2.45, 2.75) is 6.92 Å². The molecule has 0 aliphatic carbocycles. The Hall–Kier alpha value is -2.16. The zero-order valence-electron chi connectivity index (χ0n) is 17.3. The summed E-state index contributed by atoms with van der Waals surface area (Å²) in [5.74, 6) is 0.686. The maximum Gasteiger partial charge on any atom is 0.249 e. The minimum atomic E-state index is 0. The van der Waals surface area contributed by atoms with Crippen LogP contribution in [-0.2, 0) is 0 Å². The minimum absolute atomic E-state index is 0. The van der Waals surface area contributed by atoms with E-state index in [0.29, 0.717) is 11.0 Å². The van der Waals surface area contributed by atoms with Crippen LogP contribution in [-0.4, -0.2) is 54.6 Å². The van der Waals surface area contributed by atoms with E-state index in [2.05, 4.69) is 64.7 Å². The number of benzene rings is 2. The van der Waals surface area contributed by atoms with Gasteiger partial charge in [0.25, 0.3) is 0 Å². The highest BCUT2D eigenvalue weighted by molar-refractivity contribution is 7.09. The van der Waals surface area contributed by atoms with Crippen LogP contribution in [0.4, 0.5) is 16.5 Å². The van der Waals surface area contributed by atoms with Crippen molar-refractivity contribution in [2.24, 2.45) is 10.2 Å². The molecule has 0 saturated carbocycles. The number of halogens is 1. The van der Waals surface area contributed by atoms with Crippen LogP contribution >= 0.6 is 11.5 Å². The molecule has 0 unspecified atom stereocenters. The van der Waals surface area contributed by atoms with Gasteiger partial charge in [-0.15, -0.1) is 10.2 Å². The number of rotatable bonds is 8. The molecule has 1 aromatic heterocycles. The second-order valence-corrected chi connectivity index (χ2v) is 8.31. The summed E-state index contributed by atoms with van der Waals surface area (Å²) in [6.45, 7) is 5.28. The highest BCUT2D eigenvalue weighted by Crippen LogP contribution is 2.26. The van der Waals surface area contributed by atoms with E-state index in [1.54, 1.807) is 0 Å². The number of anilines is 1. The molecule has 0 fully saturated rings. The molecule has 29 heavy (non-hydrogen) atoms. The van der Waals surface area contributed by atoms with Crippen molar-refractivity contribution in [1.82, 2.24) is 9.36 Å². The van der Waals surface area contributed by atoms with Crippen molar-refractivity contribution in [3.63, 3.8) is 0 Å². The van der Waals surface area contributed by atoms with Gasteiger partial charge in [-0.25, -0.2) is 0 Å². The van der Waals surface area contributed by atoms with Gasteiger partial charge in [0, 0.05) is 29.3 Å². The third-order valence-corrected chi connectivity index (χ3v) is 4.94. The topological polar surface area (TPSA) is 53.7 Å². The van der Waals surface area contributed by atoms with Gasteiger partial charge in [-0.1, -0.05) is 30.3 Å². The van der Waals surface area contributed by atoms with Crippen molar-refractivity contribution in [3.8, 4) is 11.4 Å². The van der Waals surface area contributed by atoms with Crippen LogP contribution in [0.3, 0.4) is 0 Å². The molecular formula is C21H27BrN6S. The second-order valence-electron chi connectivity index (χ2n) is 7.58. The van der Waals surface area contributed by atoms with Gasteiger partial charge in [0.05, 0.1) is 39.9 Å². The van der Waals surface area contributed by atoms with E-state index in [1.165, 1.54) is 17.2 Å². The van der Waals surface area contributed by atoms with Crippen LogP contribution in [0.5, 0.6) is 0 Å². The largest absolute Gasteiger partial charge is 1.00 e. The van der Waals surface area contributed by atoms with Crippen LogP contribution in [0.25, 0.3) is 11.4 Å². The summed E-state index contributed by atoms with van der Waals surface area (Å²) in [6, 6.07) is 18.1. The molecule has 8 heteroatoms. The molecule has 0 radical (unpaired) electrons. The van der Waals surface area contributed by atoms with E-state index in [9.17, 15) is 0 Å². The van der Waals surface area contributed by atoms with Crippen LogP contribution in [0.1, 0.15) is 6.92 Å². The summed E-state index contributed by atoms with van der Waals surface area (Å²) in [5, 5.41) is 9.10. The summed E-state index contributed by atoms with van der Waals surface area (Å²) in [6.07, 6.45) is 0. The number of likely N-dealkylation sites (N-methyl/N-ethyl adjacent to an activating group) is 2. The maximum atomic E-state index is 4.44. The average Bonchev–Trinajstić information content (AvgIpc) is 3.17. The molecule has 1 heterocycles. The van der Waals surface area contributed by atoms with Gasteiger partial charge in [0.1, 0.15) is 0 Å². The van der Waals surface area contributed by atoms with Crippen molar-refractivity contribution >= 4 is 28.0 Å². The smallest absolute Gasteiger partial charge is 0.249 e. The quantitative estimate of drug-likeness (QED) is 0.371. The molecule has 0 aliphatic heterocycles. The Kier molecular flexibility index (Phi) is 8.43. The molecule has 6 nitrogen and oxygen atoms in total. The van der Waals surface area contributed by atoms with Crippen LogP contribution in [0.15, 0.2) is 64.8 Å². The maximum absolute atomic E-state index is 4.44. The Morgan fingerprint density at radius 2 is 1.66 bits per heavy atom. The zero-order chi connectivity index (χ0) is 20.0. The molecule has 3 aromatic rings.